The highest BCUT2D eigenvalue weighted by atomic mass is 32.1. The third-order valence-corrected chi connectivity index (χ3v) is 5.90. The SMILES string of the molecule is COc1cccc(-c2nc(CO/N=C(\N)c3cccnc3N3CCCCC3)cs2)c1. The second kappa shape index (κ2) is 9.58. The van der Waals surface area contributed by atoms with E-state index in [0.717, 1.165) is 46.5 Å². The van der Waals surface area contributed by atoms with Gasteiger partial charge in [0, 0.05) is 30.2 Å². The van der Waals surface area contributed by atoms with E-state index in [1.165, 1.54) is 19.3 Å². The number of ether oxygens (including phenoxy) is 1. The zero-order valence-corrected chi connectivity index (χ0v) is 17.8. The highest BCUT2D eigenvalue weighted by molar-refractivity contribution is 7.13. The number of hydrogen-bond acceptors (Lipinski definition) is 7. The quantitative estimate of drug-likeness (QED) is 0.351. The summed E-state index contributed by atoms with van der Waals surface area (Å²) in [5, 5.41) is 7.00. The first-order chi connectivity index (χ1) is 14.7. The summed E-state index contributed by atoms with van der Waals surface area (Å²) < 4.78 is 5.28. The van der Waals surface area contributed by atoms with Crippen molar-refractivity contribution in [1.29, 1.82) is 0 Å². The Bertz CT molecular complexity index is 1010. The Labute approximate surface area is 180 Å². The number of oxime groups is 1. The van der Waals surface area contributed by atoms with E-state index in [1.54, 1.807) is 24.6 Å². The molecule has 1 aromatic carbocycles. The van der Waals surface area contributed by atoms with Gasteiger partial charge in [0.25, 0.3) is 0 Å². The van der Waals surface area contributed by atoms with E-state index in [1.807, 2.05) is 41.8 Å². The van der Waals surface area contributed by atoms with Crippen LogP contribution in [-0.4, -0.2) is 36.0 Å². The summed E-state index contributed by atoms with van der Waals surface area (Å²) in [4.78, 5) is 16.9. The number of nitrogens with zero attached hydrogens (tertiary/aromatic N) is 4. The van der Waals surface area contributed by atoms with Gasteiger partial charge in [0.15, 0.2) is 12.4 Å². The Balaban J connectivity index is 1.42. The predicted molar refractivity (Wildman–Crippen MR) is 120 cm³/mol. The maximum Gasteiger partial charge on any atom is 0.174 e. The van der Waals surface area contributed by atoms with Crippen LogP contribution in [0.15, 0.2) is 53.1 Å². The zero-order valence-electron chi connectivity index (χ0n) is 17.0. The number of hydrogen-bond donors (Lipinski definition) is 1. The van der Waals surface area contributed by atoms with E-state index >= 15 is 0 Å². The van der Waals surface area contributed by atoms with Gasteiger partial charge < -0.3 is 20.2 Å². The van der Waals surface area contributed by atoms with Gasteiger partial charge in [-0.15, -0.1) is 11.3 Å². The summed E-state index contributed by atoms with van der Waals surface area (Å²) in [6.45, 7) is 2.23. The van der Waals surface area contributed by atoms with Crippen molar-refractivity contribution in [3.8, 4) is 16.3 Å². The number of aromatic nitrogens is 2. The summed E-state index contributed by atoms with van der Waals surface area (Å²) in [6, 6.07) is 11.6. The number of nitrogens with two attached hydrogens (primary N) is 1. The van der Waals surface area contributed by atoms with Crippen molar-refractivity contribution in [3.05, 3.63) is 59.2 Å². The first-order valence-electron chi connectivity index (χ1n) is 9.99. The van der Waals surface area contributed by atoms with Crippen LogP contribution in [0, 0.1) is 0 Å². The molecule has 2 aromatic heterocycles. The monoisotopic (exact) mass is 423 g/mol. The van der Waals surface area contributed by atoms with Crippen LogP contribution in [0.3, 0.4) is 0 Å². The molecule has 0 aliphatic carbocycles. The number of anilines is 1. The van der Waals surface area contributed by atoms with E-state index in [2.05, 4.69) is 20.0 Å². The molecular formula is C22H25N5O2S. The molecule has 0 saturated carbocycles. The van der Waals surface area contributed by atoms with E-state index in [9.17, 15) is 0 Å². The molecule has 1 aliphatic heterocycles. The van der Waals surface area contributed by atoms with E-state index in [-0.39, 0.29) is 6.61 Å². The third-order valence-electron chi connectivity index (χ3n) is 4.96. The van der Waals surface area contributed by atoms with Crippen LogP contribution in [0.4, 0.5) is 5.82 Å². The molecule has 1 aliphatic rings. The molecule has 156 valence electrons. The molecule has 3 heterocycles. The van der Waals surface area contributed by atoms with E-state index in [0.29, 0.717) is 5.84 Å². The zero-order chi connectivity index (χ0) is 20.8. The van der Waals surface area contributed by atoms with Gasteiger partial charge in [-0.05, 0) is 43.5 Å². The fourth-order valence-corrected chi connectivity index (χ4v) is 4.24. The molecule has 0 spiro atoms. The molecule has 0 bridgehead atoms. The number of methoxy groups -OCH3 is 1. The average Bonchev–Trinajstić information content (AvgIpc) is 3.28. The summed E-state index contributed by atoms with van der Waals surface area (Å²) in [5.74, 6) is 2.00. The number of thiazole rings is 1. The van der Waals surface area contributed by atoms with E-state index < -0.39 is 0 Å². The highest BCUT2D eigenvalue weighted by Gasteiger charge is 2.17. The molecule has 7 nitrogen and oxygen atoms in total. The van der Waals surface area contributed by atoms with Gasteiger partial charge >= 0.3 is 0 Å². The van der Waals surface area contributed by atoms with Crippen LogP contribution in [-0.2, 0) is 11.4 Å². The summed E-state index contributed by atoms with van der Waals surface area (Å²) >= 11 is 1.56. The van der Waals surface area contributed by atoms with Crippen molar-refractivity contribution in [3.63, 3.8) is 0 Å². The molecule has 3 aromatic rings. The molecule has 1 fully saturated rings. The molecule has 1 saturated heterocycles. The smallest absolute Gasteiger partial charge is 0.174 e. The molecule has 0 atom stereocenters. The fourth-order valence-electron chi connectivity index (χ4n) is 3.43. The summed E-state index contributed by atoms with van der Waals surface area (Å²) in [7, 11) is 1.65. The van der Waals surface area contributed by atoms with Gasteiger partial charge in [-0.25, -0.2) is 9.97 Å². The van der Waals surface area contributed by atoms with Crippen LogP contribution in [0.1, 0.15) is 30.5 Å². The maximum atomic E-state index is 6.22. The number of pyridine rings is 1. The minimum atomic E-state index is 0.250. The standard InChI is InChI=1S/C22H25N5O2S/c1-28-18-8-5-7-16(13-18)22-25-17(15-30-22)14-29-26-20(23)19-9-6-10-24-21(19)27-11-3-2-4-12-27/h5-10,13,15H,2-4,11-12,14H2,1H3,(H2,23,26). The molecule has 4 rings (SSSR count). The highest BCUT2D eigenvalue weighted by Crippen LogP contribution is 2.27. The molecule has 30 heavy (non-hydrogen) atoms. The lowest BCUT2D eigenvalue weighted by Crippen LogP contribution is -2.32. The lowest BCUT2D eigenvalue weighted by molar-refractivity contribution is 0.128. The molecule has 0 amide bonds. The van der Waals surface area contributed by atoms with Crippen molar-refractivity contribution in [2.24, 2.45) is 10.9 Å². The second-order valence-electron chi connectivity index (χ2n) is 7.05. The van der Waals surface area contributed by atoms with Crippen LogP contribution < -0.4 is 15.4 Å². The van der Waals surface area contributed by atoms with Gasteiger partial charge in [-0.3, -0.25) is 0 Å². The van der Waals surface area contributed by atoms with Crippen LogP contribution >= 0.6 is 11.3 Å². The van der Waals surface area contributed by atoms with Crippen LogP contribution in [0.2, 0.25) is 0 Å². The first kappa shape index (κ1) is 20.2. The summed E-state index contributed by atoms with van der Waals surface area (Å²) in [6.07, 6.45) is 5.39. The van der Waals surface area contributed by atoms with Crippen molar-refractivity contribution < 1.29 is 9.57 Å². The van der Waals surface area contributed by atoms with Crippen LogP contribution in [0.25, 0.3) is 10.6 Å². The minimum Gasteiger partial charge on any atom is -0.497 e. The lowest BCUT2D eigenvalue weighted by atomic mass is 10.1. The lowest BCUT2D eigenvalue weighted by Gasteiger charge is -2.29. The van der Waals surface area contributed by atoms with Crippen molar-refractivity contribution in [2.75, 3.05) is 25.1 Å². The molecule has 2 N–H and O–H groups in total. The Morgan fingerprint density at radius 3 is 2.90 bits per heavy atom. The van der Waals surface area contributed by atoms with Crippen molar-refractivity contribution in [2.45, 2.75) is 25.9 Å². The fraction of sp³-hybridized carbons (Fsp3) is 0.318. The average molecular weight is 424 g/mol. The first-order valence-corrected chi connectivity index (χ1v) is 10.9. The van der Waals surface area contributed by atoms with Gasteiger partial charge in [-0.2, -0.15) is 0 Å². The Morgan fingerprint density at radius 2 is 2.07 bits per heavy atom. The number of piperidine rings is 1. The number of amidine groups is 1. The Kier molecular flexibility index (Phi) is 6.44. The topological polar surface area (TPSA) is 85.9 Å². The predicted octanol–water partition coefficient (Wildman–Crippen LogP) is 4.04. The molecule has 0 unspecified atom stereocenters. The van der Waals surface area contributed by atoms with Crippen molar-refractivity contribution in [1.82, 2.24) is 9.97 Å². The molecule has 0 radical (unpaired) electrons. The Morgan fingerprint density at radius 1 is 1.20 bits per heavy atom. The van der Waals surface area contributed by atoms with E-state index in [4.69, 9.17) is 15.3 Å². The van der Waals surface area contributed by atoms with Gasteiger partial charge in [-0.1, -0.05) is 17.3 Å². The second-order valence-corrected chi connectivity index (χ2v) is 7.91. The molecule has 8 heteroatoms. The third kappa shape index (κ3) is 4.71. The number of rotatable bonds is 7. The molecular weight excluding hydrogens is 398 g/mol. The van der Waals surface area contributed by atoms with Crippen LogP contribution in [0.5, 0.6) is 5.75 Å². The Hall–Kier alpha value is -3.13. The van der Waals surface area contributed by atoms with Crippen molar-refractivity contribution >= 4 is 23.0 Å². The largest absolute Gasteiger partial charge is 0.497 e. The maximum absolute atomic E-state index is 6.22. The number of benzene rings is 1. The van der Waals surface area contributed by atoms with Gasteiger partial charge in [0.2, 0.25) is 0 Å². The van der Waals surface area contributed by atoms with Gasteiger partial charge in [0.1, 0.15) is 16.6 Å². The normalized spacial score (nSPS) is 14.6. The summed E-state index contributed by atoms with van der Waals surface area (Å²) in [5.41, 5.74) is 8.83. The minimum absolute atomic E-state index is 0.250. The van der Waals surface area contributed by atoms with Gasteiger partial charge in [0.05, 0.1) is 18.4 Å².